The lowest BCUT2D eigenvalue weighted by atomic mass is 10.1. The Morgan fingerprint density at radius 2 is 1.11 bits per heavy atom. The average Bonchev–Trinajstić information content (AvgIpc) is 2.87. The van der Waals surface area contributed by atoms with Crippen LogP contribution in [0.15, 0.2) is 61.7 Å². The van der Waals surface area contributed by atoms with E-state index in [9.17, 15) is 9.59 Å². The van der Waals surface area contributed by atoms with Crippen LogP contribution in [0.3, 0.4) is 0 Å². The number of carbonyl (C=O) groups is 2. The van der Waals surface area contributed by atoms with Crippen LogP contribution in [0, 0.1) is 0 Å². The molecular formula is C28H36N2O6. The van der Waals surface area contributed by atoms with Crippen LogP contribution in [0.5, 0.6) is 23.0 Å². The molecule has 0 saturated carbocycles. The van der Waals surface area contributed by atoms with Crippen LogP contribution in [-0.4, -0.2) is 39.5 Å². The molecule has 0 bridgehead atoms. The van der Waals surface area contributed by atoms with Gasteiger partial charge in [-0.2, -0.15) is 0 Å². The van der Waals surface area contributed by atoms with E-state index >= 15 is 0 Å². The van der Waals surface area contributed by atoms with Gasteiger partial charge in [-0.25, -0.2) is 9.59 Å². The number of allylic oxidation sites excluding steroid dienone is 2. The molecular weight excluding hydrogens is 460 g/mol. The number of amides is 2. The first-order chi connectivity index (χ1) is 17.5. The van der Waals surface area contributed by atoms with E-state index in [2.05, 4.69) is 23.8 Å². The first-order valence-electron chi connectivity index (χ1n) is 12.0. The number of hydrogen-bond donors (Lipinski definition) is 2. The van der Waals surface area contributed by atoms with Gasteiger partial charge < -0.3 is 29.6 Å². The third-order valence-electron chi connectivity index (χ3n) is 5.26. The second kappa shape index (κ2) is 15.9. The average molecular weight is 497 g/mol. The van der Waals surface area contributed by atoms with Crippen molar-refractivity contribution in [2.45, 2.75) is 38.5 Å². The van der Waals surface area contributed by atoms with Gasteiger partial charge in [-0.15, -0.1) is 13.2 Å². The minimum absolute atomic E-state index is 0.367. The molecule has 0 unspecified atom stereocenters. The van der Waals surface area contributed by atoms with Gasteiger partial charge in [0.2, 0.25) is 0 Å². The van der Waals surface area contributed by atoms with Gasteiger partial charge in [-0.3, -0.25) is 0 Å². The number of methoxy groups -OCH3 is 2. The minimum Gasteiger partial charge on any atom is -0.493 e. The molecule has 2 aromatic rings. The fraction of sp³-hybridized carbons (Fsp3) is 0.357. The zero-order chi connectivity index (χ0) is 26.2. The van der Waals surface area contributed by atoms with Gasteiger partial charge >= 0.3 is 12.2 Å². The fourth-order valence-electron chi connectivity index (χ4n) is 3.44. The monoisotopic (exact) mass is 496 g/mol. The lowest BCUT2D eigenvalue weighted by Crippen LogP contribution is -2.28. The Labute approximate surface area is 213 Å². The molecule has 8 heteroatoms. The van der Waals surface area contributed by atoms with Crippen molar-refractivity contribution >= 4 is 12.2 Å². The maximum absolute atomic E-state index is 12.1. The summed E-state index contributed by atoms with van der Waals surface area (Å²) in [6, 6.07) is 10.8. The number of unbranched alkanes of at least 4 members (excludes halogenated alkanes) is 3. The van der Waals surface area contributed by atoms with Crippen LogP contribution in [0.2, 0.25) is 0 Å². The Bertz CT molecular complexity index is 940. The van der Waals surface area contributed by atoms with Crippen molar-refractivity contribution in [3.05, 3.63) is 72.8 Å². The number of benzene rings is 2. The summed E-state index contributed by atoms with van der Waals surface area (Å²) in [5, 5.41) is 5.48. The van der Waals surface area contributed by atoms with Gasteiger partial charge in [0.05, 0.1) is 14.2 Å². The zero-order valence-electron chi connectivity index (χ0n) is 21.1. The molecule has 0 atom stereocenters. The lowest BCUT2D eigenvalue weighted by Gasteiger charge is -2.12. The molecule has 0 aliphatic rings. The Morgan fingerprint density at radius 1 is 0.694 bits per heavy atom. The lowest BCUT2D eigenvalue weighted by molar-refractivity contribution is 0.196. The summed E-state index contributed by atoms with van der Waals surface area (Å²) in [5.74, 6) is 1.73. The SMILES string of the molecule is C=CCc1ccc(OC(=O)NCCCCCCNC(=O)Oc2ccc(CC=C)cc2OC)c(OC)c1. The van der Waals surface area contributed by atoms with E-state index in [-0.39, 0.29) is 0 Å². The molecule has 0 aliphatic carbocycles. The summed E-state index contributed by atoms with van der Waals surface area (Å²) in [6.45, 7) is 8.42. The van der Waals surface area contributed by atoms with Crippen LogP contribution in [0.1, 0.15) is 36.8 Å². The zero-order valence-corrected chi connectivity index (χ0v) is 21.1. The molecule has 2 N–H and O–H groups in total. The van der Waals surface area contributed by atoms with E-state index < -0.39 is 12.2 Å². The summed E-state index contributed by atoms with van der Waals surface area (Å²) >= 11 is 0. The minimum atomic E-state index is -0.526. The number of carbonyl (C=O) groups excluding carboxylic acids is 2. The molecule has 2 rings (SSSR count). The number of hydrogen-bond acceptors (Lipinski definition) is 6. The molecule has 0 aliphatic heterocycles. The number of rotatable bonds is 15. The molecule has 0 fully saturated rings. The first kappa shape index (κ1) is 28.3. The van der Waals surface area contributed by atoms with Crippen LogP contribution in [0.4, 0.5) is 9.59 Å². The van der Waals surface area contributed by atoms with Gasteiger partial charge in [-0.05, 0) is 61.1 Å². The van der Waals surface area contributed by atoms with Gasteiger partial charge in [0.1, 0.15) is 0 Å². The molecule has 2 aromatic carbocycles. The van der Waals surface area contributed by atoms with E-state index in [4.69, 9.17) is 18.9 Å². The predicted molar refractivity (Wildman–Crippen MR) is 140 cm³/mol. The second-order valence-corrected chi connectivity index (χ2v) is 8.00. The molecule has 0 radical (unpaired) electrons. The molecule has 0 saturated heterocycles. The first-order valence-corrected chi connectivity index (χ1v) is 12.0. The molecule has 194 valence electrons. The van der Waals surface area contributed by atoms with Crippen molar-refractivity contribution in [3.8, 4) is 23.0 Å². The third kappa shape index (κ3) is 9.74. The van der Waals surface area contributed by atoms with Crippen molar-refractivity contribution in [2.75, 3.05) is 27.3 Å². The Morgan fingerprint density at radius 3 is 1.47 bits per heavy atom. The number of nitrogens with one attached hydrogen (secondary N) is 2. The van der Waals surface area contributed by atoms with Crippen LogP contribution in [0.25, 0.3) is 0 Å². The maximum atomic E-state index is 12.1. The molecule has 0 spiro atoms. The smallest absolute Gasteiger partial charge is 0.412 e. The molecule has 36 heavy (non-hydrogen) atoms. The van der Waals surface area contributed by atoms with Crippen molar-refractivity contribution in [1.29, 1.82) is 0 Å². The van der Waals surface area contributed by atoms with E-state index in [1.807, 2.05) is 24.3 Å². The van der Waals surface area contributed by atoms with Gasteiger partial charge in [-0.1, -0.05) is 37.1 Å². The fourth-order valence-corrected chi connectivity index (χ4v) is 3.44. The highest BCUT2D eigenvalue weighted by atomic mass is 16.6. The van der Waals surface area contributed by atoms with Crippen LogP contribution < -0.4 is 29.6 Å². The summed E-state index contributed by atoms with van der Waals surface area (Å²) in [7, 11) is 3.07. The normalized spacial score (nSPS) is 10.2. The highest BCUT2D eigenvalue weighted by molar-refractivity contribution is 5.72. The highest BCUT2D eigenvalue weighted by Crippen LogP contribution is 2.29. The van der Waals surface area contributed by atoms with Gasteiger partial charge in [0, 0.05) is 13.1 Å². The second-order valence-electron chi connectivity index (χ2n) is 8.00. The Balaban J connectivity index is 1.59. The van der Waals surface area contributed by atoms with Crippen molar-refractivity contribution in [1.82, 2.24) is 10.6 Å². The predicted octanol–water partition coefficient (Wildman–Crippen LogP) is 5.60. The van der Waals surface area contributed by atoms with E-state index in [1.54, 1.807) is 24.3 Å². The van der Waals surface area contributed by atoms with Crippen molar-refractivity contribution in [3.63, 3.8) is 0 Å². The third-order valence-corrected chi connectivity index (χ3v) is 5.26. The van der Waals surface area contributed by atoms with E-state index in [0.717, 1.165) is 36.8 Å². The van der Waals surface area contributed by atoms with Crippen molar-refractivity contribution < 1.29 is 28.5 Å². The molecule has 8 nitrogen and oxygen atoms in total. The maximum Gasteiger partial charge on any atom is 0.412 e. The quantitative estimate of drug-likeness (QED) is 0.246. The standard InChI is InChI=1S/C28H36N2O6/c1-5-11-21-13-15-23(25(19-21)33-3)35-27(31)29-17-9-7-8-10-18-30-28(32)36-24-16-14-22(12-6-2)20-26(24)34-4/h5-6,13-16,19-20H,1-2,7-12,17-18H2,3-4H3,(H,29,31)(H,30,32). The van der Waals surface area contributed by atoms with E-state index in [0.29, 0.717) is 48.9 Å². The summed E-state index contributed by atoms with van der Waals surface area (Å²) in [4.78, 5) is 24.1. The molecule has 2 amide bonds. The Kier molecular flexibility index (Phi) is 12.5. The summed E-state index contributed by atoms with van der Waals surface area (Å²) in [6.07, 6.45) is 7.34. The topological polar surface area (TPSA) is 95.1 Å². The summed E-state index contributed by atoms with van der Waals surface area (Å²) < 4.78 is 21.3. The largest absolute Gasteiger partial charge is 0.493 e. The Hall–Kier alpha value is -3.94. The van der Waals surface area contributed by atoms with Crippen LogP contribution >= 0.6 is 0 Å². The summed E-state index contributed by atoms with van der Waals surface area (Å²) in [5.41, 5.74) is 2.05. The molecule has 0 heterocycles. The van der Waals surface area contributed by atoms with Gasteiger partial charge in [0.15, 0.2) is 23.0 Å². The van der Waals surface area contributed by atoms with Crippen LogP contribution in [-0.2, 0) is 12.8 Å². The number of ether oxygens (including phenoxy) is 4. The molecule has 0 aromatic heterocycles. The van der Waals surface area contributed by atoms with Crippen molar-refractivity contribution in [2.24, 2.45) is 0 Å². The van der Waals surface area contributed by atoms with E-state index in [1.165, 1.54) is 14.2 Å². The highest BCUT2D eigenvalue weighted by Gasteiger charge is 2.11. The van der Waals surface area contributed by atoms with Gasteiger partial charge in [0.25, 0.3) is 0 Å².